The molecule has 0 aromatic heterocycles. The Kier molecular flexibility index (Phi) is 7.15. The lowest BCUT2D eigenvalue weighted by Gasteiger charge is -2.17. The molecule has 5 nitrogen and oxygen atoms in total. The van der Waals surface area contributed by atoms with E-state index in [9.17, 15) is 8.42 Å². The van der Waals surface area contributed by atoms with Crippen molar-refractivity contribution in [3.8, 4) is 11.8 Å². The third-order valence-corrected chi connectivity index (χ3v) is 5.04. The number of sulfonamides is 1. The third-order valence-electron chi connectivity index (χ3n) is 2.70. The van der Waals surface area contributed by atoms with Crippen molar-refractivity contribution in [2.24, 2.45) is 0 Å². The molecule has 0 unspecified atom stereocenters. The van der Waals surface area contributed by atoms with Crippen molar-refractivity contribution < 1.29 is 18.3 Å². The first-order valence-electron chi connectivity index (χ1n) is 6.28. The molecule has 1 rings (SSSR count). The monoisotopic (exact) mass is 331 g/mol. The van der Waals surface area contributed by atoms with Gasteiger partial charge in [0, 0.05) is 32.7 Å². The van der Waals surface area contributed by atoms with E-state index in [2.05, 4.69) is 11.8 Å². The van der Waals surface area contributed by atoms with Crippen molar-refractivity contribution in [3.05, 3.63) is 28.8 Å². The van der Waals surface area contributed by atoms with Crippen molar-refractivity contribution in [2.45, 2.75) is 11.3 Å². The van der Waals surface area contributed by atoms with Crippen molar-refractivity contribution in [1.82, 2.24) is 4.31 Å². The second-order valence-corrected chi connectivity index (χ2v) is 6.66. The van der Waals surface area contributed by atoms with Crippen LogP contribution in [0.15, 0.2) is 23.1 Å². The lowest BCUT2D eigenvalue weighted by Crippen LogP contribution is -2.30. The average Bonchev–Trinajstić information content (AvgIpc) is 2.44. The Morgan fingerprint density at radius 1 is 1.43 bits per heavy atom. The maximum Gasteiger partial charge on any atom is 0.244 e. The van der Waals surface area contributed by atoms with E-state index in [1.807, 2.05) is 0 Å². The molecule has 0 aliphatic carbocycles. The standard InChI is InChI=1S/C14H18ClNO4S/c1-16(8-10-20-2)21(18,19)14-7-6-12(11-13(14)15)5-3-4-9-17/h6-7,11,17H,4,8-10H2,1-2H3. The van der Waals surface area contributed by atoms with Crippen LogP contribution in [0.5, 0.6) is 0 Å². The Bertz CT molecular complexity index is 634. The largest absolute Gasteiger partial charge is 0.395 e. The van der Waals surface area contributed by atoms with Gasteiger partial charge in [-0.1, -0.05) is 23.4 Å². The van der Waals surface area contributed by atoms with Gasteiger partial charge in [0.15, 0.2) is 0 Å². The molecule has 1 N–H and O–H groups in total. The number of halogens is 1. The van der Waals surface area contributed by atoms with Gasteiger partial charge < -0.3 is 9.84 Å². The van der Waals surface area contributed by atoms with E-state index in [1.165, 1.54) is 30.6 Å². The van der Waals surface area contributed by atoms with Crippen molar-refractivity contribution >= 4 is 21.6 Å². The Morgan fingerprint density at radius 3 is 2.71 bits per heavy atom. The molecule has 116 valence electrons. The number of likely N-dealkylation sites (N-methyl/N-ethyl adjacent to an activating group) is 1. The number of hydrogen-bond donors (Lipinski definition) is 1. The lowest BCUT2D eigenvalue weighted by molar-refractivity contribution is 0.185. The third kappa shape index (κ3) is 4.99. The molecule has 0 fully saturated rings. The van der Waals surface area contributed by atoms with E-state index in [0.29, 0.717) is 18.6 Å². The summed E-state index contributed by atoms with van der Waals surface area (Å²) in [7, 11) is -0.672. The Balaban J connectivity index is 3.02. The summed E-state index contributed by atoms with van der Waals surface area (Å²) >= 11 is 6.05. The number of aliphatic hydroxyl groups is 1. The van der Waals surface area contributed by atoms with E-state index in [4.69, 9.17) is 21.4 Å². The van der Waals surface area contributed by atoms with Crippen LogP contribution in [0.25, 0.3) is 0 Å². The highest BCUT2D eigenvalue weighted by Gasteiger charge is 2.23. The van der Waals surface area contributed by atoms with E-state index >= 15 is 0 Å². The van der Waals surface area contributed by atoms with Crippen LogP contribution in [0, 0.1) is 11.8 Å². The molecule has 21 heavy (non-hydrogen) atoms. The minimum Gasteiger partial charge on any atom is -0.395 e. The molecule has 0 radical (unpaired) electrons. The number of nitrogens with zero attached hydrogens (tertiary/aromatic N) is 1. The molecule has 0 aliphatic rings. The van der Waals surface area contributed by atoms with Gasteiger partial charge in [0.05, 0.1) is 18.2 Å². The SMILES string of the molecule is COCCN(C)S(=O)(=O)c1ccc(C#CCCO)cc1Cl. The molecule has 0 amide bonds. The smallest absolute Gasteiger partial charge is 0.244 e. The normalized spacial score (nSPS) is 11.3. The molecular weight excluding hydrogens is 314 g/mol. The first-order chi connectivity index (χ1) is 9.93. The van der Waals surface area contributed by atoms with Crippen LogP contribution in [0.1, 0.15) is 12.0 Å². The quantitative estimate of drug-likeness (QED) is 0.799. The van der Waals surface area contributed by atoms with E-state index in [0.717, 1.165) is 0 Å². The summed E-state index contributed by atoms with van der Waals surface area (Å²) in [4.78, 5) is 0.0375. The second-order valence-electron chi connectivity index (χ2n) is 4.24. The van der Waals surface area contributed by atoms with Gasteiger partial charge in [-0.2, -0.15) is 4.31 Å². The highest BCUT2D eigenvalue weighted by atomic mass is 35.5. The fourth-order valence-corrected chi connectivity index (χ4v) is 3.19. The van der Waals surface area contributed by atoms with Gasteiger partial charge in [0.1, 0.15) is 4.90 Å². The first kappa shape index (κ1) is 18.0. The number of rotatable bonds is 6. The van der Waals surface area contributed by atoms with E-state index in [1.54, 1.807) is 6.07 Å². The summed E-state index contributed by atoms with van der Waals surface area (Å²) in [6.07, 6.45) is 0.359. The fourth-order valence-electron chi connectivity index (χ4n) is 1.52. The van der Waals surface area contributed by atoms with E-state index < -0.39 is 10.0 Å². The number of hydrogen-bond acceptors (Lipinski definition) is 4. The molecule has 7 heteroatoms. The molecule has 1 aromatic rings. The van der Waals surface area contributed by atoms with Gasteiger partial charge in [-0.15, -0.1) is 0 Å². The van der Waals surface area contributed by atoms with Crippen LogP contribution in [-0.2, 0) is 14.8 Å². The van der Waals surface area contributed by atoms with Gasteiger partial charge in [-0.3, -0.25) is 0 Å². The lowest BCUT2D eigenvalue weighted by atomic mass is 10.2. The molecule has 0 spiro atoms. The van der Waals surface area contributed by atoms with Crippen LogP contribution in [0.2, 0.25) is 5.02 Å². The van der Waals surface area contributed by atoms with Gasteiger partial charge in [0.25, 0.3) is 0 Å². The summed E-state index contributed by atoms with van der Waals surface area (Å²) in [5.41, 5.74) is 0.604. The zero-order valence-electron chi connectivity index (χ0n) is 12.0. The molecule has 0 atom stereocenters. The summed E-state index contributed by atoms with van der Waals surface area (Å²) in [6.45, 7) is 0.531. The average molecular weight is 332 g/mol. The Morgan fingerprint density at radius 2 is 2.14 bits per heavy atom. The molecule has 1 aromatic carbocycles. The molecule has 0 aliphatic heterocycles. The number of methoxy groups -OCH3 is 1. The molecule has 0 saturated carbocycles. The summed E-state index contributed by atoms with van der Waals surface area (Å²) in [5.74, 6) is 5.56. The van der Waals surface area contributed by atoms with Crippen molar-refractivity contribution in [1.29, 1.82) is 0 Å². The van der Waals surface area contributed by atoms with Gasteiger partial charge in [-0.25, -0.2) is 8.42 Å². The second kappa shape index (κ2) is 8.37. The summed E-state index contributed by atoms with van der Waals surface area (Å²) in [6, 6.07) is 4.53. The van der Waals surface area contributed by atoms with Crippen LogP contribution < -0.4 is 0 Å². The zero-order valence-corrected chi connectivity index (χ0v) is 13.5. The van der Waals surface area contributed by atoms with Crippen LogP contribution in [0.4, 0.5) is 0 Å². The van der Waals surface area contributed by atoms with Gasteiger partial charge >= 0.3 is 0 Å². The number of aliphatic hydroxyl groups excluding tert-OH is 1. The van der Waals surface area contributed by atoms with Crippen LogP contribution in [-0.4, -0.2) is 51.7 Å². The topological polar surface area (TPSA) is 66.8 Å². The Labute approximate surface area is 130 Å². The van der Waals surface area contributed by atoms with Gasteiger partial charge in [-0.05, 0) is 18.2 Å². The molecular formula is C14H18ClNO4S. The van der Waals surface area contributed by atoms with Crippen molar-refractivity contribution in [2.75, 3.05) is 33.9 Å². The molecule has 0 heterocycles. The minimum atomic E-state index is -3.65. The summed E-state index contributed by atoms with van der Waals surface area (Å²) in [5, 5.41) is 8.78. The zero-order chi connectivity index (χ0) is 15.9. The van der Waals surface area contributed by atoms with Crippen LogP contribution in [0.3, 0.4) is 0 Å². The molecule has 0 saturated heterocycles. The highest BCUT2D eigenvalue weighted by Crippen LogP contribution is 2.24. The number of benzene rings is 1. The number of ether oxygens (including phenoxy) is 1. The summed E-state index contributed by atoms with van der Waals surface area (Å²) < 4.78 is 30.8. The highest BCUT2D eigenvalue weighted by molar-refractivity contribution is 7.89. The first-order valence-corrected chi connectivity index (χ1v) is 8.10. The predicted molar refractivity (Wildman–Crippen MR) is 81.7 cm³/mol. The maximum atomic E-state index is 12.3. The minimum absolute atomic E-state index is 0.0164. The Hall–Kier alpha value is -1.10. The van der Waals surface area contributed by atoms with Gasteiger partial charge in [0.2, 0.25) is 10.0 Å². The molecule has 0 bridgehead atoms. The van der Waals surface area contributed by atoms with E-state index in [-0.39, 0.29) is 23.1 Å². The fraction of sp³-hybridized carbons (Fsp3) is 0.429. The van der Waals surface area contributed by atoms with Crippen molar-refractivity contribution in [3.63, 3.8) is 0 Å². The predicted octanol–water partition coefficient (Wildman–Crippen LogP) is 1.34. The van der Waals surface area contributed by atoms with Crippen LogP contribution >= 0.6 is 11.6 Å². The maximum absolute atomic E-state index is 12.3.